The number of hydrogen-bond acceptors (Lipinski definition) is 5. The lowest BCUT2D eigenvalue weighted by atomic mass is 10.1. The molecule has 134 valence electrons. The van der Waals surface area contributed by atoms with E-state index in [4.69, 9.17) is 10.5 Å². The molecule has 3 rings (SSSR count). The van der Waals surface area contributed by atoms with Gasteiger partial charge in [-0.25, -0.2) is 4.79 Å². The number of ether oxygens (including phenoxy) is 1. The predicted molar refractivity (Wildman–Crippen MR) is 100 cm³/mol. The first kappa shape index (κ1) is 17.5. The van der Waals surface area contributed by atoms with Gasteiger partial charge in [0.1, 0.15) is 5.60 Å². The highest BCUT2D eigenvalue weighted by Crippen LogP contribution is 2.21. The van der Waals surface area contributed by atoms with Gasteiger partial charge in [0.25, 0.3) is 5.91 Å². The van der Waals surface area contributed by atoms with Crippen molar-refractivity contribution in [2.24, 2.45) is 0 Å². The first-order chi connectivity index (χ1) is 12.2. The smallest absolute Gasteiger partial charge is 0.435 e. The maximum atomic E-state index is 12.4. The van der Waals surface area contributed by atoms with Gasteiger partial charge in [0.2, 0.25) is 0 Å². The molecule has 0 saturated heterocycles. The summed E-state index contributed by atoms with van der Waals surface area (Å²) in [4.78, 5) is 24.6. The lowest BCUT2D eigenvalue weighted by Gasteiger charge is -2.19. The van der Waals surface area contributed by atoms with E-state index in [1.165, 1.54) is 4.68 Å². The van der Waals surface area contributed by atoms with Crippen LogP contribution in [-0.4, -0.2) is 27.4 Å². The molecule has 0 saturated carbocycles. The summed E-state index contributed by atoms with van der Waals surface area (Å²) in [6, 6.07) is 12.0. The zero-order valence-corrected chi connectivity index (χ0v) is 14.8. The van der Waals surface area contributed by atoms with Crippen molar-refractivity contribution in [1.82, 2.24) is 9.78 Å². The van der Waals surface area contributed by atoms with Crippen molar-refractivity contribution in [3.05, 3.63) is 54.2 Å². The van der Waals surface area contributed by atoms with Gasteiger partial charge in [-0.1, -0.05) is 12.1 Å². The van der Waals surface area contributed by atoms with Crippen LogP contribution in [0.3, 0.4) is 0 Å². The molecule has 0 atom stereocenters. The van der Waals surface area contributed by atoms with Gasteiger partial charge in [0.05, 0.1) is 17.3 Å². The Morgan fingerprint density at radius 2 is 1.88 bits per heavy atom. The summed E-state index contributed by atoms with van der Waals surface area (Å²) >= 11 is 0. The number of rotatable bonds is 2. The van der Waals surface area contributed by atoms with Crippen LogP contribution < -0.4 is 11.1 Å². The molecule has 0 fully saturated rings. The van der Waals surface area contributed by atoms with Crippen LogP contribution >= 0.6 is 0 Å². The average Bonchev–Trinajstić information content (AvgIpc) is 2.97. The van der Waals surface area contributed by atoms with Crippen LogP contribution in [0.4, 0.5) is 16.2 Å². The largest absolute Gasteiger partial charge is 0.442 e. The maximum Gasteiger partial charge on any atom is 0.435 e. The zero-order valence-electron chi connectivity index (χ0n) is 14.8. The van der Waals surface area contributed by atoms with Crippen molar-refractivity contribution in [2.45, 2.75) is 26.4 Å². The Kier molecular flexibility index (Phi) is 4.38. The molecule has 0 unspecified atom stereocenters. The van der Waals surface area contributed by atoms with Crippen LogP contribution in [0, 0.1) is 0 Å². The molecule has 0 radical (unpaired) electrons. The van der Waals surface area contributed by atoms with Gasteiger partial charge in [-0.2, -0.15) is 9.78 Å². The topological polar surface area (TPSA) is 99.2 Å². The number of nitrogens with two attached hydrogens (primary N) is 1. The lowest BCUT2D eigenvalue weighted by molar-refractivity contribution is 0.0522. The molecule has 3 aromatic rings. The van der Waals surface area contributed by atoms with Crippen LogP contribution in [0.5, 0.6) is 0 Å². The highest BCUT2D eigenvalue weighted by molar-refractivity contribution is 6.08. The van der Waals surface area contributed by atoms with Crippen LogP contribution in [0.15, 0.2) is 48.7 Å². The summed E-state index contributed by atoms with van der Waals surface area (Å²) in [6.07, 6.45) is 0.993. The van der Waals surface area contributed by atoms with E-state index >= 15 is 0 Å². The van der Waals surface area contributed by atoms with Crippen LogP contribution in [-0.2, 0) is 4.74 Å². The number of anilines is 2. The Labute approximate surface area is 150 Å². The van der Waals surface area contributed by atoms with Crippen LogP contribution in [0.25, 0.3) is 10.9 Å². The van der Waals surface area contributed by atoms with Gasteiger partial charge in [-0.3, -0.25) is 4.79 Å². The van der Waals surface area contributed by atoms with Crippen LogP contribution in [0.2, 0.25) is 0 Å². The number of carbonyl (C=O) groups is 2. The normalized spacial score (nSPS) is 11.3. The van der Waals surface area contributed by atoms with E-state index < -0.39 is 11.7 Å². The standard InChI is InChI=1S/C19H20N4O3/c1-19(2,3)26-18(25)23-16-9-8-13(10-12(16)11-21-23)22-17(24)14-6-4-5-7-15(14)20/h4-11H,20H2,1-3H3,(H,22,24). The molecule has 7 nitrogen and oxygen atoms in total. The summed E-state index contributed by atoms with van der Waals surface area (Å²) in [7, 11) is 0. The van der Waals surface area contributed by atoms with Crippen molar-refractivity contribution in [3.63, 3.8) is 0 Å². The highest BCUT2D eigenvalue weighted by Gasteiger charge is 2.20. The fourth-order valence-corrected chi connectivity index (χ4v) is 2.46. The SMILES string of the molecule is CC(C)(C)OC(=O)n1ncc2cc(NC(=O)c3ccccc3N)ccc21. The highest BCUT2D eigenvalue weighted by atomic mass is 16.6. The number of fused-ring (bicyclic) bond motifs is 1. The Hall–Kier alpha value is -3.35. The number of nitrogen functional groups attached to an aromatic ring is 1. The minimum atomic E-state index is -0.612. The lowest BCUT2D eigenvalue weighted by Crippen LogP contribution is -2.27. The summed E-state index contributed by atoms with van der Waals surface area (Å²) in [6.45, 7) is 5.37. The third-order valence-electron chi connectivity index (χ3n) is 3.60. The van der Waals surface area contributed by atoms with Crippen molar-refractivity contribution in [3.8, 4) is 0 Å². The first-order valence-corrected chi connectivity index (χ1v) is 8.11. The molecule has 1 heterocycles. The molecule has 2 aromatic carbocycles. The second kappa shape index (κ2) is 6.51. The van der Waals surface area contributed by atoms with Crippen molar-refractivity contribution >= 4 is 34.3 Å². The number of hydrogen-bond donors (Lipinski definition) is 2. The molecule has 0 aliphatic carbocycles. The van der Waals surface area contributed by atoms with E-state index in [0.29, 0.717) is 27.8 Å². The summed E-state index contributed by atoms with van der Waals surface area (Å²) in [5, 5.41) is 7.58. The molecular weight excluding hydrogens is 332 g/mol. The molecule has 26 heavy (non-hydrogen) atoms. The van der Waals surface area contributed by atoms with E-state index in [-0.39, 0.29) is 5.91 Å². The van der Waals surface area contributed by atoms with Gasteiger partial charge in [0.15, 0.2) is 0 Å². The number of nitrogens with one attached hydrogen (secondary N) is 1. The quantitative estimate of drug-likeness (QED) is 0.686. The summed E-state index contributed by atoms with van der Waals surface area (Å²) in [5.41, 5.74) is 7.19. The Morgan fingerprint density at radius 3 is 2.58 bits per heavy atom. The van der Waals surface area contributed by atoms with Gasteiger partial charge >= 0.3 is 6.09 Å². The van der Waals surface area contributed by atoms with E-state index in [1.807, 2.05) is 0 Å². The third kappa shape index (κ3) is 3.66. The first-order valence-electron chi connectivity index (χ1n) is 8.11. The minimum Gasteiger partial charge on any atom is -0.442 e. The number of aromatic nitrogens is 2. The molecule has 3 N–H and O–H groups in total. The molecular formula is C19H20N4O3. The average molecular weight is 352 g/mol. The fourth-order valence-electron chi connectivity index (χ4n) is 2.46. The van der Waals surface area contributed by atoms with Gasteiger partial charge < -0.3 is 15.8 Å². The fraction of sp³-hybridized carbons (Fsp3) is 0.211. The van der Waals surface area contributed by atoms with Gasteiger partial charge in [-0.15, -0.1) is 0 Å². The Balaban J connectivity index is 1.84. The van der Waals surface area contributed by atoms with Crippen molar-refractivity contribution in [1.29, 1.82) is 0 Å². The molecule has 0 bridgehead atoms. The molecule has 0 spiro atoms. The van der Waals surface area contributed by atoms with Gasteiger partial charge in [-0.05, 0) is 51.1 Å². The molecule has 7 heteroatoms. The second-order valence-electron chi connectivity index (χ2n) is 6.85. The van der Waals surface area contributed by atoms with E-state index in [1.54, 1.807) is 69.4 Å². The van der Waals surface area contributed by atoms with Crippen molar-refractivity contribution in [2.75, 3.05) is 11.1 Å². The monoisotopic (exact) mass is 352 g/mol. The number of carbonyl (C=O) groups excluding carboxylic acids is 2. The number of nitrogens with zero attached hydrogens (tertiary/aromatic N) is 2. The van der Waals surface area contributed by atoms with E-state index in [0.717, 1.165) is 0 Å². The molecule has 1 aromatic heterocycles. The van der Waals surface area contributed by atoms with Crippen LogP contribution in [0.1, 0.15) is 31.1 Å². The van der Waals surface area contributed by atoms with Gasteiger partial charge in [0, 0.05) is 16.8 Å². The molecule has 0 aliphatic rings. The summed E-state index contributed by atoms with van der Waals surface area (Å²) in [5.74, 6) is -0.304. The summed E-state index contributed by atoms with van der Waals surface area (Å²) < 4.78 is 6.53. The predicted octanol–water partition coefficient (Wildman–Crippen LogP) is 3.65. The number of para-hydroxylation sites is 1. The minimum absolute atomic E-state index is 0.304. The zero-order chi connectivity index (χ0) is 18.9. The number of amides is 1. The molecule has 1 amide bonds. The number of benzene rings is 2. The maximum absolute atomic E-state index is 12.4. The van der Waals surface area contributed by atoms with E-state index in [9.17, 15) is 9.59 Å². The van der Waals surface area contributed by atoms with E-state index in [2.05, 4.69) is 10.4 Å². The third-order valence-corrected chi connectivity index (χ3v) is 3.60. The Morgan fingerprint density at radius 1 is 1.15 bits per heavy atom. The Bertz CT molecular complexity index is 986. The van der Waals surface area contributed by atoms with Crippen molar-refractivity contribution < 1.29 is 14.3 Å². The second-order valence-corrected chi connectivity index (χ2v) is 6.85. The molecule has 0 aliphatic heterocycles.